The lowest BCUT2D eigenvalue weighted by atomic mass is 9.64. The fourth-order valence-corrected chi connectivity index (χ4v) is 3.78. The summed E-state index contributed by atoms with van der Waals surface area (Å²) >= 11 is 0. The van der Waals surface area contributed by atoms with Crippen molar-refractivity contribution in [2.24, 2.45) is 0 Å². The second kappa shape index (κ2) is 6.08. The molecule has 1 fully saturated rings. The number of rotatable bonds is 2. The van der Waals surface area contributed by atoms with Gasteiger partial charge in [-0.05, 0) is 42.3 Å². The molecule has 26 heavy (non-hydrogen) atoms. The van der Waals surface area contributed by atoms with Crippen LogP contribution in [-0.4, -0.2) is 26.3 Å². The quantitative estimate of drug-likeness (QED) is 0.703. The van der Waals surface area contributed by atoms with Crippen LogP contribution in [-0.2, 0) is 9.31 Å². The van der Waals surface area contributed by atoms with E-state index >= 15 is 0 Å². The summed E-state index contributed by atoms with van der Waals surface area (Å²) in [7, 11) is -0.292. The third-order valence-corrected chi connectivity index (χ3v) is 5.36. The Bertz CT molecular complexity index is 930. The smallest absolute Gasteiger partial charge is 0.405 e. The van der Waals surface area contributed by atoms with Crippen LogP contribution in [0.4, 0.5) is 11.4 Å². The van der Waals surface area contributed by atoms with Crippen molar-refractivity contribution in [3.63, 3.8) is 0 Å². The van der Waals surface area contributed by atoms with Crippen LogP contribution in [0.1, 0.15) is 13.8 Å². The molecule has 0 saturated carbocycles. The van der Waals surface area contributed by atoms with E-state index < -0.39 is 0 Å². The summed E-state index contributed by atoms with van der Waals surface area (Å²) in [4.78, 5) is 0. The van der Waals surface area contributed by atoms with Gasteiger partial charge in [0.25, 0.3) is 0 Å². The van der Waals surface area contributed by atoms with Crippen LogP contribution >= 0.6 is 0 Å². The standard InChI is InChI=1S/C20H20B2N2O2/c1-13-14(2)26-22(25-13)17-9-5-8-16(12-17)21-23-18-10-3-6-15-7-4-11-19(24-21)20(15)18/h3-14,23-24H,1-2H3. The van der Waals surface area contributed by atoms with Crippen molar-refractivity contribution < 1.29 is 9.31 Å². The molecule has 0 aliphatic carbocycles. The van der Waals surface area contributed by atoms with Crippen molar-refractivity contribution in [1.29, 1.82) is 0 Å². The first-order chi connectivity index (χ1) is 12.7. The highest BCUT2D eigenvalue weighted by Crippen LogP contribution is 2.33. The Morgan fingerprint density at radius 1 is 0.769 bits per heavy atom. The highest BCUT2D eigenvalue weighted by molar-refractivity contribution is 6.80. The Morgan fingerprint density at radius 3 is 2.00 bits per heavy atom. The molecule has 2 unspecified atom stereocenters. The van der Waals surface area contributed by atoms with Gasteiger partial charge in [-0.2, -0.15) is 0 Å². The van der Waals surface area contributed by atoms with Crippen LogP contribution in [0, 0.1) is 0 Å². The van der Waals surface area contributed by atoms with Crippen molar-refractivity contribution in [3.8, 4) is 0 Å². The van der Waals surface area contributed by atoms with Gasteiger partial charge in [0.15, 0.2) is 0 Å². The molecule has 0 aromatic heterocycles. The number of hydrogen-bond donors (Lipinski definition) is 2. The van der Waals surface area contributed by atoms with Gasteiger partial charge in [0.05, 0.1) is 12.2 Å². The average molecular weight is 342 g/mol. The Hall–Kier alpha value is -2.43. The van der Waals surface area contributed by atoms with Gasteiger partial charge in [-0.3, -0.25) is 0 Å². The number of hydrogen-bond acceptors (Lipinski definition) is 4. The molecule has 1 saturated heterocycles. The molecule has 5 rings (SSSR count). The maximum Gasteiger partial charge on any atom is 0.494 e. The number of nitrogens with one attached hydrogen (secondary N) is 2. The summed E-state index contributed by atoms with van der Waals surface area (Å²) in [5.74, 6) is 0. The van der Waals surface area contributed by atoms with Gasteiger partial charge < -0.3 is 19.8 Å². The molecule has 2 atom stereocenters. The predicted molar refractivity (Wildman–Crippen MR) is 110 cm³/mol. The van der Waals surface area contributed by atoms with E-state index in [-0.39, 0.29) is 26.3 Å². The van der Waals surface area contributed by atoms with Crippen LogP contribution in [0.2, 0.25) is 0 Å². The van der Waals surface area contributed by atoms with Crippen molar-refractivity contribution in [2.45, 2.75) is 26.1 Å². The third kappa shape index (κ3) is 2.57. The van der Waals surface area contributed by atoms with Gasteiger partial charge in [0.2, 0.25) is 0 Å². The molecule has 0 amide bonds. The van der Waals surface area contributed by atoms with Crippen LogP contribution in [0.25, 0.3) is 10.8 Å². The van der Waals surface area contributed by atoms with Crippen LogP contribution in [0.15, 0.2) is 60.7 Å². The Morgan fingerprint density at radius 2 is 1.35 bits per heavy atom. The molecule has 6 heteroatoms. The van der Waals surface area contributed by atoms with E-state index in [1.807, 2.05) is 0 Å². The van der Waals surface area contributed by atoms with E-state index in [9.17, 15) is 0 Å². The molecule has 2 N–H and O–H groups in total. The molecule has 2 heterocycles. The minimum atomic E-state index is -0.292. The third-order valence-electron chi connectivity index (χ3n) is 5.36. The van der Waals surface area contributed by atoms with Crippen LogP contribution in [0.3, 0.4) is 0 Å². The molecule has 3 aromatic rings. The second-order valence-corrected chi connectivity index (χ2v) is 7.12. The predicted octanol–water partition coefficient (Wildman–Crippen LogP) is 2.59. The first kappa shape index (κ1) is 15.8. The topological polar surface area (TPSA) is 42.5 Å². The largest absolute Gasteiger partial charge is 0.494 e. The zero-order valence-corrected chi connectivity index (χ0v) is 14.9. The van der Waals surface area contributed by atoms with E-state index in [1.54, 1.807) is 0 Å². The molecule has 0 bridgehead atoms. The SMILES string of the molecule is CC1OB(c2cccc(B3Nc4cccc5cccc(c45)N3)c2)OC1C. The molecule has 2 aliphatic heterocycles. The maximum absolute atomic E-state index is 5.94. The van der Waals surface area contributed by atoms with Gasteiger partial charge in [-0.1, -0.05) is 48.5 Å². The minimum Gasteiger partial charge on any atom is -0.405 e. The normalized spacial score (nSPS) is 21.6. The Balaban J connectivity index is 1.47. The summed E-state index contributed by atoms with van der Waals surface area (Å²) in [6, 6.07) is 21.2. The zero-order chi connectivity index (χ0) is 17.7. The van der Waals surface area contributed by atoms with E-state index in [0.29, 0.717) is 0 Å². The summed E-state index contributed by atoms with van der Waals surface area (Å²) in [6.07, 6.45) is 0.220. The highest BCUT2D eigenvalue weighted by atomic mass is 16.7. The summed E-state index contributed by atoms with van der Waals surface area (Å²) in [5, 5.41) is 9.72. The lowest BCUT2D eigenvalue weighted by Crippen LogP contribution is -2.49. The van der Waals surface area contributed by atoms with Crippen molar-refractivity contribution in [2.75, 3.05) is 10.5 Å². The van der Waals surface area contributed by atoms with Crippen LogP contribution in [0.5, 0.6) is 0 Å². The molecule has 3 aromatic carbocycles. The summed E-state index contributed by atoms with van der Waals surface area (Å²) in [5.41, 5.74) is 4.53. The first-order valence-electron chi connectivity index (χ1n) is 9.14. The van der Waals surface area contributed by atoms with Crippen molar-refractivity contribution >= 4 is 47.2 Å². The minimum absolute atomic E-state index is 0.00620. The van der Waals surface area contributed by atoms with E-state index in [1.165, 1.54) is 10.8 Å². The monoisotopic (exact) mass is 342 g/mol. The first-order valence-corrected chi connectivity index (χ1v) is 9.14. The average Bonchev–Trinajstić information content (AvgIpc) is 3.01. The highest BCUT2D eigenvalue weighted by Gasteiger charge is 2.36. The van der Waals surface area contributed by atoms with Gasteiger partial charge in [0.1, 0.15) is 0 Å². The van der Waals surface area contributed by atoms with Gasteiger partial charge >= 0.3 is 14.1 Å². The van der Waals surface area contributed by atoms with Crippen molar-refractivity contribution in [3.05, 3.63) is 60.7 Å². The lowest BCUT2D eigenvalue weighted by molar-refractivity contribution is 0.187. The molecule has 128 valence electrons. The van der Waals surface area contributed by atoms with Gasteiger partial charge in [-0.25, -0.2) is 0 Å². The van der Waals surface area contributed by atoms with E-state index in [4.69, 9.17) is 9.31 Å². The van der Waals surface area contributed by atoms with Gasteiger partial charge in [0, 0.05) is 16.8 Å². The molecule has 2 aliphatic rings. The molecule has 4 nitrogen and oxygen atoms in total. The Kier molecular flexibility index (Phi) is 3.69. The molecule has 0 spiro atoms. The lowest BCUT2D eigenvalue weighted by Gasteiger charge is -2.27. The van der Waals surface area contributed by atoms with E-state index in [2.05, 4.69) is 85.0 Å². The number of benzene rings is 3. The summed E-state index contributed by atoms with van der Waals surface area (Å²) in [6.45, 7) is 4.11. The van der Waals surface area contributed by atoms with Crippen LogP contribution < -0.4 is 21.4 Å². The van der Waals surface area contributed by atoms with Gasteiger partial charge in [-0.15, -0.1) is 0 Å². The number of anilines is 2. The summed E-state index contributed by atoms with van der Waals surface area (Å²) < 4.78 is 11.9. The Labute approximate surface area is 154 Å². The molecule has 0 radical (unpaired) electrons. The second-order valence-electron chi connectivity index (χ2n) is 7.12. The maximum atomic E-state index is 5.94. The molecular formula is C20H20B2N2O2. The fraction of sp³-hybridized carbons (Fsp3) is 0.200. The fourth-order valence-electron chi connectivity index (χ4n) is 3.78. The molecular weight excluding hydrogens is 322 g/mol. The zero-order valence-electron chi connectivity index (χ0n) is 14.9. The van der Waals surface area contributed by atoms with Crippen molar-refractivity contribution in [1.82, 2.24) is 0 Å². The van der Waals surface area contributed by atoms with E-state index in [0.717, 1.165) is 22.3 Å².